The molecule has 8 nitrogen and oxygen atoms in total. The van der Waals surface area contributed by atoms with Crippen molar-refractivity contribution >= 4 is 17.4 Å². The summed E-state index contributed by atoms with van der Waals surface area (Å²) >= 11 is 0. The molecule has 0 bridgehead atoms. The number of amides is 1. The van der Waals surface area contributed by atoms with Crippen molar-refractivity contribution < 1.29 is 27.6 Å². The Morgan fingerprint density at radius 3 is 2.28 bits per heavy atom. The van der Waals surface area contributed by atoms with Gasteiger partial charge < -0.3 is 14.5 Å². The second kappa shape index (κ2) is 8.33. The summed E-state index contributed by atoms with van der Waals surface area (Å²) in [5.74, 6) is 0.394. The molecule has 29 heavy (non-hydrogen) atoms. The van der Waals surface area contributed by atoms with E-state index in [4.69, 9.17) is 0 Å². The molecule has 0 N–H and O–H groups in total. The third-order valence-corrected chi connectivity index (χ3v) is 4.34. The van der Waals surface area contributed by atoms with Gasteiger partial charge in [-0.1, -0.05) is 0 Å². The van der Waals surface area contributed by atoms with Crippen molar-refractivity contribution in [3.05, 3.63) is 58.3 Å². The number of carbonyl (C=O) groups is 1. The fourth-order valence-corrected chi connectivity index (χ4v) is 2.85. The SMILES string of the molecule is O=C(c1ccc(OCC(F)(F)F)cc1)N1CCN(c2ccc([N+](=O)[O-])cn2)CC1. The normalized spacial score (nSPS) is 14.6. The van der Waals surface area contributed by atoms with E-state index < -0.39 is 17.7 Å². The van der Waals surface area contributed by atoms with Gasteiger partial charge >= 0.3 is 6.18 Å². The van der Waals surface area contributed by atoms with Gasteiger partial charge in [0.15, 0.2) is 6.61 Å². The highest BCUT2D eigenvalue weighted by Gasteiger charge is 2.28. The topological polar surface area (TPSA) is 88.8 Å². The van der Waals surface area contributed by atoms with E-state index in [1.54, 1.807) is 11.0 Å². The van der Waals surface area contributed by atoms with Crippen molar-refractivity contribution in [2.24, 2.45) is 0 Å². The van der Waals surface area contributed by atoms with Gasteiger partial charge in [0, 0.05) is 37.8 Å². The van der Waals surface area contributed by atoms with E-state index in [1.807, 2.05) is 4.90 Å². The summed E-state index contributed by atoms with van der Waals surface area (Å²) in [6, 6.07) is 8.46. The molecule has 1 aliphatic heterocycles. The van der Waals surface area contributed by atoms with E-state index >= 15 is 0 Å². The zero-order valence-corrected chi connectivity index (χ0v) is 15.1. The van der Waals surface area contributed by atoms with Gasteiger partial charge in [-0.05, 0) is 30.3 Å². The molecular formula is C18H17F3N4O4. The summed E-state index contributed by atoms with van der Waals surface area (Å²) in [7, 11) is 0. The van der Waals surface area contributed by atoms with Gasteiger partial charge in [-0.2, -0.15) is 13.2 Å². The van der Waals surface area contributed by atoms with E-state index in [9.17, 15) is 28.1 Å². The molecule has 0 aliphatic carbocycles. The van der Waals surface area contributed by atoms with Crippen LogP contribution in [-0.2, 0) is 0 Å². The predicted octanol–water partition coefficient (Wildman–Crippen LogP) is 2.89. The van der Waals surface area contributed by atoms with Gasteiger partial charge in [-0.15, -0.1) is 0 Å². The molecule has 154 valence electrons. The van der Waals surface area contributed by atoms with E-state index in [2.05, 4.69) is 9.72 Å². The number of carbonyl (C=O) groups excluding carboxylic acids is 1. The van der Waals surface area contributed by atoms with Crippen LogP contribution in [0.1, 0.15) is 10.4 Å². The third kappa shape index (κ3) is 5.33. The standard InChI is InChI=1S/C18H17F3N4O4/c19-18(20,21)12-29-15-4-1-13(2-5-15)17(26)24-9-7-23(8-10-24)16-6-3-14(11-22-16)25(27)28/h1-6,11H,7-10,12H2. The summed E-state index contributed by atoms with van der Waals surface area (Å²) in [5, 5.41) is 10.7. The average Bonchev–Trinajstić information content (AvgIpc) is 2.72. The largest absolute Gasteiger partial charge is 0.484 e. The van der Waals surface area contributed by atoms with Crippen LogP contribution in [0.15, 0.2) is 42.6 Å². The maximum atomic E-state index is 12.6. The van der Waals surface area contributed by atoms with E-state index in [0.29, 0.717) is 37.6 Å². The number of benzene rings is 1. The number of anilines is 1. The summed E-state index contributed by atoms with van der Waals surface area (Å²) < 4.78 is 41.2. The van der Waals surface area contributed by atoms with Crippen LogP contribution in [0.3, 0.4) is 0 Å². The van der Waals surface area contributed by atoms with Crippen LogP contribution in [0.25, 0.3) is 0 Å². The van der Waals surface area contributed by atoms with Crippen molar-refractivity contribution in [1.29, 1.82) is 0 Å². The van der Waals surface area contributed by atoms with E-state index in [0.717, 1.165) is 0 Å². The molecule has 1 aromatic carbocycles. The molecular weight excluding hydrogens is 393 g/mol. The molecule has 2 aromatic rings. The molecule has 3 rings (SSSR count). The Kier molecular flexibility index (Phi) is 5.85. The summed E-state index contributed by atoms with van der Waals surface area (Å²) in [5.41, 5.74) is 0.261. The molecule has 1 aromatic heterocycles. The number of alkyl halides is 3. The molecule has 1 aliphatic rings. The van der Waals surface area contributed by atoms with Crippen molar-refractivity contribution in [1.82, 2.24) is 9.88 Å². The number of pyridine rings is 1. The Bertz CT molecular complexity index is 864. The van der Waals surface area contributed by atoms with Gasteiger partial charge in [0.05, 0.1) is 4.92 Å². The predicted molar refractivity (Wildman–Crippen MR) is 97.0 cm³/mol. The highest BCUT2D eigenvalue weighted by Crippen LogP contribution is 2.21. The first-order chi connectivity index (χ1) is 13.7. The molecule has 1 amide bonds. The second-order valence-corrected chi connectivity index (χ2v) is 6.34. The Balaban J connectivity index is 1.55. The second-order valence-electron chi connectivity index (χ2n) is 6.34. The number of ether oxygens (including phenoxy) is 1. The number of hydrogen-bond acceptors (Lipinski definition) is 6. The molecule has 0 unspecified atom stereocenters. The van der Waals surface area contributed by atoms with Crippen molar-refractivity contribution in [2.75, 3.05) is 37.7 Å². The molecule has 0 saturated carbocycles. The van der Waals surface area contributed by atoms with Crippen LogP contribution in [0.5, 0.6) is 5.75 Å². The number of halogens is 3. The Morgan fingerprint density at radius 1 is 1.10 bits per heavy atom. The molecule has 2 heterocycles. The minimum atomic E-state index is -4.42. The van der Waals surface area contributed by atoms with Gasteiger partial charge in [0.1, 0.15) is 17.8 Å². The monoisotopic (exact) mass is 410 g/mol. The molecule has 0 spiro atoms. The number of nitro groups is 1. The van der Waals surface area contributed by atoms with Crippen LogP contribution in [0, 0.1) is 10.1 Å². The lowest BCUT2D eigenvalue weighted by Crippen LogP contribution is -2.49. The van der Waals surface area contributed by atoms with Gasteiger partial charge in [-0.3, -0.25) is 14.9 Å². The van der Waals surface area contributed by atoms with Crippen LogP contribution in [0.2, 0.25) is 0 Å². The first kappa shape index (κ1) is 20.4. The summed E-state index contributed by atoms with van der Waals surface area (Å²) in [4.78, 5) is 30.4. The Morgan fingerprint density at radius 2 is 1.76 bits per heavy atom. The van der Waals surface area contributed by atoms with E-state index in [1.165, 1.54) is 36.5 Å². The lowest BCUT2D eigenvalue weighted by atomic mass is 10.1. The van der Waals surface area contributed by atoms with Crippen molar-refractivity contribution in [3.63, 3.8) is 0 Å². The summed E-state index contributed by atoms with van der Waals surface area (Å²) in [6.45, 7) is 0.458. The maximum absolute atomic E-state index is 12.6. The molecule has 1 fully saturated rings. The zero-order chi connectivity index (χ0) is 21.0. The first-order valence-corrected chi connectivity index (χ1v) is 8.67. The lowest BCUT2D eigenvalue weighted by molar-refractivity contribution is -0.385. The number of piperazine rings is 1. The zero-order valence-electron chi connectivity index (χ0n) is 15.1. The number of hydrogen-bond donors (Lipinski definition) is 0. The molecule has 0 radical (unpaired) electrons. The lowest BCUT2D eigenvalue weighted by Gasteiger charge is -2.35. The fraction of sp³-hybridized carbons (Fsp3) is 0.333. The van der Waals surface area contributed by atoms with Crippen molar-refractivity contribution in [3.8, 4) is 5.75 Å². The number of rotatable bonds is 5. The third-order valence-electron chi connectivity index (χ3n) is 4.34. The maximum Gasteiger partial charge on any atom is 0.422 e. The van der Waals surface area contributed by atoms with E-state index in [-0.39, 0.29) is 17.3 Å². The molecule has 0 atom stereocenters. The molecule has 11 heteroatoms. The summed E-state index contributed by atoms with van der Waals surface area (Å²) in [6.07, 6.45) is -3.23. The first-order valence-electron chi connectivity index (χ1n) is 8.67. The van der Waals surface area contributed by atoms with Gasteiger partial charge in [0.2, 0.25) is 0 Å². The number of nitrogens with zero attached hydrogens (tertiary/aromatic N) is 4. The quantitative estimate of drug-likeness (QED) is 0.556. The Labute approximate surface area is 163 Å². The smallest absolute Gasteiger partial charge is 0.422 e. The van der Waals surface area contributed by atoms with Crippen LogP contribution >= 0.6 is 0 Å². The highest BCUT2D eigenvalue weighted by molar-refractivity contribution is 5.94. The highest BCUT2D eigenvalue weighted by atomic mass is 19.4. The van der Waals surface area contributed by atoms with Crippen LogP contribution in [0.4, 0.5) is 24.7 Å². The van der Waals surface area contributed by atoms with Gasteiger partial charge in [-0.25, -0.2) is 4.98 Å². The van der Waals surface area contributed by atoms with Crippen LogP contribution in [-0.4, -0.2) is 59.7 Å². The fourth-order valence-electron chi connectivity index (χ4n) is 2.85. The van der Waals surface area contributed by atoms with Crippen LogP contribution < -0.4 is 9.64 Å². The average molecular weight is 410 g/mol. The minimum absolute atomic E-state index is 0.0351. The number of aromatic nitrogens is 1. The minimum Gasteiger partial charge on any atom is -0.484 e. The Hall–Kier alpha value is -3.37. The molecule has 1 saturated heterocycles. The van der Waals surface area contributed by atoms with Gasteiger partial charge in [0.25, 0.3) is 11.6 Å². The van der Waals surface area contributed by atoms with Crippen molar-refractivity contribution in [2.45, 2.75) is 6.18 Å².